The van der Waals surface area contributed by atoms with Gasteiger partial charge in [0.2, 0.25) is 0 Å². The molecule has 1 fully saturated rings. The summed E-state index contributed by atoms with van der Waals surface area (Å²) in [5.41, 5.74) is 4.02. The molecule has 1 saturated carbocycles. The van der Waals surface area contributed by atoms with E-state index in [0.29, 0.717) is 16.9 Å². The second-order valence-electron chi connectivity index (χ2n) is 6.04. The summed E-state index contributed by atoms with van der Waals surface area (Å²) in [5, 5.41) is 5.73. The molecular formula is C13H22N2S. The number of rotatable bonds is 4. The molecule has 0 spiro atoms. The number of hydrogen-bond donors (Lipinski definition) is 1. The van der Waals surface area contributed by atoms with Crippen molar-refractivity contribution in [3.8, 4) is 0 Å². The number of nitrogens with zero attached hydrogens (tertiary/aromatic N) is 1. The van der Waals surface area contributed by atoms with E-state index >= 15 is 0 Å². The van der Waals surface area contributed by atoms with Gasteiger partial charge in [0.05, 0.1) is 11.2 Å². The van der Waals surface area contributed by atoms with Gasteiger partial charge in [-0.05, 0) is 30.2 Å². The topological polar surface area (TPSA) is 24.9 Å². The van der Waals surface area contributed by atoms with Crippen LogP contribution in [0, 0.1) is 16.7 Å². The first-order valence-corrected chi connectivity index (χ1v) is 6.93. The van der Waals surface area contributed by atoms with Crippen molar-refractivity contribution >= 4 is 11.3 Å². The number of nitrogens with one attached hydrogen (secondary N) is 1. The van der Waals surface area contributed by atoms with Crippen molar-refractivity contribution < 1.29 is 0 Å². The Morgan fingerprint density at radius 3 is 2.44 bits per heavy atom. The summed E-state index contributed by atoms with van der Waals surface area (Å²) in [4.78, 5) is 4.34. The van der Waals surface area contributed by atoms with Gasteiger partial charge in [-0.1, -0.05) is 27.7 Å². The summed E-state index contributed by atoms with van der Waals surface area (Å²) in [5.74, 6) is 0.779. The van der Waals surface area contributed by atoms with Crippen molar-refractivity contribution in [3.05, 3.63) is 16.6 Å². The van der Waals surface area contributed by atoms with E-state index in [0.717, 1.165) is 12.5 Å². The molecule has 1 aromatic heterocycles. The Hall–Kier alpha value is -0.410. The first-order chi connectivity index (χ1) is 7.37. The van der Waals surface area contributed by atoms with E-state index in [1.54, 1.807) is 11.3 Å². The first-order valence-electron chi connectivity index (χ1n) is 5.99. The van der Waals surface area contributed by atoms with Crippen molar-refractivity contribution in [1.82, 2.24) is 10.3 Å². The summed E-state index contributed by atoms with van der Waals surface area (Å²) in [6.07, 6.45) is 0. The maximum atomic E-state index is 4.34. The Morgan fingerprint density at radius 2 is 2.00 bits per heavy atom. The molecular weight excluding hydrogens is 216 g/mol. The Kier molecular flexibility index (Phi) is 2.87. The summed E-state index contributed by atoms with van der Waals surface area (Å²) < 4.78 is 0. The molecule has 1 atom stereocenters. The maximum Gasteiger partial charge on any atom is 0.0795 e. The number of hydrogen-bond acceptors (Lipinski definition) is 3. The van der Waals surface area contributed by atoms with E-state index in [9.17, 15) is 0 Å². The molecule has 0 radical (unpaired) electrons. The van der Waals surface area contributed by atoms with Crippen LogP contribution >= 0.6 is 11.3 Å². The Bertz CT molecular complexity index is 340. The van der Waals surface area contributed by atoms with E-state index in [1.807, 2.05) is 5.51 Å². The minimum atomic E-state index is 0.374. The fourth-order valence-electron chi connectivity index (χ4n) is 2.68. The van der Waals surface area contributed by atoms with Gasteiger partial charge < -0.3 is 5.32 Å². The summed E-state index contributed by atoms with van der Waals surface area (Å²) in [6, 6.07) is 0.374. The van der Waals surface area contributed by atoms with E-state index in [4.69, 9.17) is 0 Å². The van der Waals surface area contributed by atoms with Crippen molar-refractivity contribution in [2.75, 3.05) is 6.54 Å². The average Bonchev–Trinajstić information content (AvgIpc) is 2.66. The summed E-state index contributed by atoms with van der Waals surface area (Å²) in [7, 11) is 0. The minimum Gasteiger partial charge on any atom is -0.309 e. The highest BCUT2D eigenvalue weighted by molar-refractivity contribution is 7.07. The highest BCUT2D eigenvalue weighted by Crippen LogP contribution is 2.68. The molecule has 0 amide bonds. The second-order valence-corrected chi connectivity index (χ2v) is 6.76. The third-order valence-electron chi connectivity index (χ3n) is 4.84. The second kappa shape index (κ2) is 3.81. The van der Waals surface area contributed by atoms with Gasteiger partial charge >= 0.3 is 0 Å². The Balaban J connectivity index is 1.86. The first kappa shape index (κ1) is 12.1. The molecule has 1 N–H and O–H groups in total. The molecule has 0 bridgehead atoms. The van der Waals surface area contributed by atoms with Gasteiger partial charge in [0.15, 0.2) is 0 Å². The van der Waals surface area contributed by atoms with Crippen molar-refractivity contribution in [3.63, 3.8) is 0 Å². The van der Waals surface area contributed by atoms with Crippen LogP contribution in [0.3, 0.4) is 0 Å². The lowest BCUT2D eigenvalue weighted by Crippen LogP contribution is -2.23. The van der Waals surface area contributed by atoms with E-state index in [2.05, 4.69) is 50.3 Å². The summed E-state index contributed by atoms with van der Waals surface area (Å²) in [6.45, 7) is 12.8. The van der Waals surface area contributed by atoms with Gasteiger partial charge in [-0.15, -0.1) is 11.3 Å². The largest absolute Gasteiger partial charge is 0.309 e. The quantitative estimate of drug-likeness (QED) is 0.868. The zero-order chi connectivity index (χ0) is 12.0. The fraction of sp³-hybridized carbons (Fsp3) is 0.769. The van der Waals surface area contributed by atoms with E-state index in [-0.39, 0.29) is 0 Å². The molecule has 1 aliphatic carbocycles. The molecule has 1 heterocycles. The van der Waals surface area contributed by atoms with Crippen molar-refractivity contribution in [1.29, 1.82) is 0 Å². The van der Waals surface area contributed by atoms with Crippen LogP contribution in [0.15, 0.2) is 10.9 Å². The van der Waals surface area contributed by atoms with Gasteiger partial charge in [-0.3, -0.25) is 0 Å². The van der Waals surface area contributed by atoms with Crippen LogP contribution in [-0.4, -0.2) is 11.5 Å². The zero-order valence-corrected chi connectivity index (χ0v) is 11.7. The van der Waals surface area contributed by atoms with Crippen LogP contribution < -0.4 is 5.32 Å². The standard InChI is InChI=1S/C13H22N2S/c1-9(10-7-16-8-15-10)14-6-11-12(2,3)13(11,4)5/h7-9,11,14H,6H2,1-5H3. The highest BCUT2D eigenvalue weighted by atomic mass is 32.1. The molecule has 0 saturated heterocycles. The molecule has 16 heavy (non-hydrogen) atoms. The SMILES string of the molecule is CC(NCC1C(C)(C)C1(C)C)c1cscn1. The summed E-state index contributed by atoms with van der Waals surface area (Å²) >= 11 is 1.67. The zero-order valence-electron chi connectivity index (χ0n) is 10.9. The molecule has 1 aliphatic rings. The lowest BCUT2D eigenvalue weighted by Gasteiger charge is -2.12. The van der Waals surface area contributed by atoms with Gasteiger partial charge in [-0.25, -0.2) is 4.98 Å². The van der Waals surface area contributed by atoms with Gasteiger partial charge in [0.25, 0.3) is 0 Å². The van der Waals surface area contributed by atoms with E-state index < -0.39 is 0 Å². The van der Waals surface area contributed by atoms with Gasteiger partial charge in [-0.2, -0.15) is 0 Å². The normalized spacial score (nSPS) is 24.3. The van der Waals surface area contributed by atoms with E-state index in [1.165, 1.54) is 5.69 Å². The molecule has 2 rings (SSSR count). The van der Waals surface area contributed by atoms with Crippen LogP contribution in [0.1, 0.15) is 46.4 Å². The molecule has 0 aromatic carbocycles. The van der Waals surface area contributed by atoms with Gasteiger partial charge in [0.1, 0.15) is 0 Å². The predicted octanol–water partition coefficient (Wildman–Crippen LogP) is 3.48. The van der Waals surface area contributed by atoms with Crippen LogP contribution in [0.4, 0.5) is 0 Å². The number of thiazole rings is 1. The lowest BCUT2D eigenvalue weighted by atomic mass is 10.0. The average molecular weight is 238 g/mol. The van der Waals surface area contributed by atoms with Crippen LogP contribution in [0.5, 0.6) is 0 Å². The molecule has 90 valence electrons. The molecule has 3 heteroatoms. The lowest BCUT2D eigenvalue weighted by molar-refractivity contribution is 0.457. The Morgan fingerprint density at radius 1 is 1.38 bits per heavy atom. The fourth-order valence-corrected chi connectivity index (χ4v) is 3.33. The van der Waals surface area contributed by atoms with Crippen LogP contribution in [0.25, 0.3) is 0 Å². The molecule has 2 nitrogen and oxygen atoms in total. The van der Waals surface area contributed by atoms with Crippen molar-refractivity contribution in [2.45, 2.75) is 40.7 Å². The number of aromatic nitrogens is 1. The Labute approximate surface area is 102 Å². The highest BCUT2D eigenvalue weighted by Gasteiger charge is 2.63. The van der Waals surface area contributed by atoms with Gasteiger partial charge in [0, 0.05) is 11.4 Å². The maximum absolute atomic E-state index is 4.34. The molecule has 1 unspecified atom stereocenters. The predicted molar refractivity (Wildman–Crippen MR) is 69.6 cm³/mol. The third-order valence-corrected chi connectivity index (χ3v) is 5.45. The smallest absolute Gasteiger partial charge is 0.0795 e. The minimum absolute atomic E-state index is 0.374. The molecule has 0 aliphatic heterocycles. The van der Waals surface area contributed by atoms with Crippen molar-refractivity contribution in [2.24, 2.45) is 16.7 Å². The molecule has 1 aromatic rings. The third kappa shape index (κ3) is 1.80. The monoisotopic (exact) mass is 238 g/mol. The van der Waals surface area contributed by atoms with Crippen LogP contribution in [-0.2, 0) is 0 Å². The van der Waals surface area contributed by atoms with Crippen LogP contribution in [0.2, 0.25) is 0 Å².